The third kappa shape index (κ3) is 5.05. The van der Waals surface area contributed by atoms with Crippen LogP contribution in [-0.4, -0.2) is 5.91 Å². The van der Waals surface area contributed by atoms with Crippen LogP contribution in [0.2, 0.25) is 5.02 Å². The normalized spacial score (nSPS) is 11.2. The van der Waals surface area contributed by atoms with Crippen LogP contribution in [0.5, 0.6) is 11.5 Å². The highest BCUT2D eigenvalue weighted by molar-refractivity contribution is 9.10. The van der Waals surface area contributed by atoms with Gasteiger partial charge in [0, 0.05) is 20.7 Å². The number of hydrogen-bond donors (Lipinski definition) is 1. The summed E-state index contributed by atoms with van der Waals surface area (Å²) in [4.78, 5) is 12.2. The van der Waals surface area contributed by atoms with Gasteiger partial charge < -0.3 is 10.1 Å². The van der Waals surface area contributed by atoms with E-state index >= 15 is 0 Å². The molecule has 0 saturated carbocycles. The number of rotatable bonds is 4. The molecule has 0 saturated heterocycles. The number of carbonyl (C=O) groups excluding carboxylic acids is 1. The number of anilines is 1. The number of amides is 1. The number of halogens is 5. The molecule has 0 aromatic heterocycles. The zero-order chi connectivity index (χ0) is 20.3. The van der Waals surface area contributed by atoms with Crippen LogP contribution in [-0.2, 0) is 6.18 Å². The highest BCUT2D eigenvalue weighted by Crippen LogP contribution is 2.40. The van der Waals surface area contributed by atoms with Crippen LogP contribution >= 0.6 is 27.5 Å². The van der Waals surface area contributed by atoms with Crippen molar-refractivity contribution in [1.29, 1.82) is 0 Å². The molecule has 3 aromatic rings. The van der Waals surface area contributed by atoms with Crippen molar-refractivity contribution >= 4 is 39.1 Å². The molecule has 3 rings (SSSR count). The van der Waals surface area contributed by atoms with E-state index in [0.29, 0.717) is 10.6 Å². The van der Waals surface area contributed by atoms with E-state index in [1.54, 1.807) is 24.3 Å². The van der Waals surface area contributed by atoms with Crippen LogP contribution in [0.15, 0.2) is 71.2 Å². The molecule has 3 nitrogen and oxygen atoms in total. The molecular formula is C20H12BrClF3NO2. The van der Waals surface area contributed by atoms with Crippen molar-refractivity contribution in [3.8, 4) is 11.5 Å². The summed E-state index contributed by atoms with van der Waals surface area (Å²) in [6.07, 6.45) is -4.67. The van der Waals surface area contributed by atoms with Gasteiger partial charge in [0.2, 0.25) is 0 Å². The fourth-order valence-electron chi connectivity index (χ4n) is 2.35. The third-order valence-electron chi connectivity index (χ3n) is 3.69. The molecule has 1 N–H and O–H groups in total. The van der Waals surface area contributed by atoms with Gasteiger partial charge in [-0.25, -0.2) is 0 Å². The molecule has 0 bridgehead atoms. The van der Waals surface area contributed by atoms with Gasteiger partial charge in [-0.1, -0.05) is 27.5 Å². The topological polar surface area (TPSA) is 38.3 Å². The summed E-state index contributed by atoms with van der Waals surface area (Å²) >= 11 is 9.02. The lowest BCUT2D eigenvalue weighted by Crippen LogP contribution is -2.13. The van der Waals surface area contributed by atoms with E-state index < -0.39 is 17.6 Å². The number of benzene rings is 3. The SMILES string of the molecule is O=C(Nc1ccc(Oc2ccc(Cl)cc2)c(C(F)(F)F)c1)c1ccc(Br)cc1. The zero-order valence-corrected chi connectivity index (χ0v) is 16.4. The van der Waals surface area contributed by atoms with Crippen LogP contribution in [0.4, 0.5) is 18.9 Å². The minimum Gasteiger partial charge on any atom is -0.457 e. The van der Waals surface area contributed by atoms with E-state index in [1.165, 1.54) is 30.3 Å². The molecule has 0 aliphatic carbocycles. The first-order valence-corrected chi connectivity index (χ1v) is 9.11. The van der Waals surface area contributed by atoms with Gasteiger partial charge in [0.05, 0.1) is 0 Å². The van der Waals surface area contributed by atoms with Gasteiger partial charge in [-0.15, -0.1) is 0 Å². The minimum atomic E-state index is -4.67. The van der Waals surface area contributed by atoms with Crippen molar-refractivity contribution in [2.75, 3.05) is 5.32 Å². The van der Waals surface area contributed by atoms with Gasteiger partial charge >= 0.3 is 6.18 Å². The average Bonchev–Trinajstić information content (AvgIpc) is 2.64. The second-order valence-electron chi connectivity index (χ2n) is 5.73. The molecule has 3 aromatic carbocycles. The Bertz CT molecular complexity index is 990. The van der Waals surface area contributed by atoms with E-state index in [2.05, 4.69) is 21.2 Å². The largest absolute Gasteiger partial charge is 0.457 e. The Morgan fingerprint density at radius 1 is 0.964 bits per heavy atom. The van der Waals surface area contributed by atoms with Crippen LogP contribution in [0, 0.1) is 0 Å². The van der Waals surface area contributed by atoms with Crippen LogP contribution < -0.4 is 10.1 Å². The van der Waals surface area contributed by atoms with Crippen LogP contribution in [0.1, 0.15) is 15.9 Å². The number of ether oxygens (including phenoxy) is 1. The van der Waals surface area contributed by atoms with Gasteiger partial charge in [0.25, 0.3) is 5.91 Å². The lowest BCUT2D eigenvalue weighted by molar-refractivity contribution is -0.138. The van der Waals surface area contributed by atoms with Gasteiger partial charge in [-0.2, -0.15) is 13.2 Å². The zero-order valence-electron chi connectivity index (χ0n) is 14.1. The summed E-state index contributed by atoms with van der Waals surface area (Å²) in [5.74, 6) is -0.690. The number of hydrogen-bond acceptors (Lipinski definition) is 2. The number of alkyl halides is 3. The molecular weight excluding hydrogens is 459 g/mol. The molecule has 1 amide bonds. The molecule has 0 fully saturated rings. The summed E-state index contributed by atoms with van der Waals surface area (Å²) in [5, 5.41) is 2.90. The molecule has 0 atom stereocenters. The molecule has 144 valence electrons. The lowest BCUT2D eigenvalue weighted by Gasteiger charge is -2.16. The molecule has 8 heteroatoms. The predicted molar refractivity (Wildman–Crippen MR) is 105 cm³/mol. The predicted octanol–water partition coefficient (Wildman–Crippen LogP) is 7.17. The van der Waals surface area contributed by atoms with Gasteiger partial charge in [0.1, 0.15) is 17.1 Å². The van der Waals surface area contributed by atoms with Crippen molar-refractivity contribution < 1.29 is 22.7 Å². The average molecular weight is 471 g/mol. The summed E-state index contributed by atoms with van der Waals surface area (Å²) in [6.45, 7) is 0. The summed E-state index contributed by atoms with van der Waals surface area (Å²) in [7, 11) is 0. The highest BCUT2D eigenvalue weighted by Gasteiger charge is 2.35. The Kier molecular flexibility index (Phi) is 5.96. The quantitative estimate of drug-likeness (QED) is 0.439. The second-order valence-corrected chi connectivity index (χ2v) is 7.08. The maximum Gasteiger partial charge on any atom is 0.420 e. The van der Waals surface area contributed by atoms with Gasteiger partial charge in [0.15, 0.2) is 0 Å². The van der Waals surface area contributed by atoms with Crippen LogP contribution in [0.25, 0.3) is 0 Å². The molecule has 0 aliphatic heterocycles. The van der Waals surface area contributed by atoms with Crippen molar-refractivity contribution in [2.24, 2.45) is 0 Å². The first kappa shape index (κ1) is 20.2. The summed E-state index contributed by atoms with van der Waals surface area (Å²) < 4.78 is 46.6. The first-order valence-electron chi connectivity index (χ1n) is 7.94. The monoisotopic (exact) mass is 469 g/mol. The van der Waals surface area contributed by atoms with E-state index in [0.717, 1.165) is 16.6 Å². The number of carbonyl (C=O) groups is 1. The van der Waals surface area contributed by atoms with Gasteiger partial charge in [-0.05, 0) is 66.7 Å². The van der Waals surface area contributed by atoms with Crippen molar-refractivity contribution in [1.82, 2.24) is 0 Å². The van der Waals surface area contributed by atoms with E-state index in [-0.39, 0.29) is 17.2 Å². The maximum atomic E-state index is 13.5. The molecule has 0 aliphatic rings. The molecule has 0 heterocycles. The maximum absolute atomic E-state index is 13.5. The van der Waals surface area contributed by atoms with E-state index in [9.17, 15) is 18.0 Å². The molecule has 28 heavy (non-hydrogen) atoms. The molecule has 0 unspecified atom stereocenters. The Labute approximate surface area is 172 Å². The first-order chi connectivity index (χ1) is 13.2. The van der Waals surface area contributed by atoms with Crippen molar-refractivity contribution in [2.45, 2.75) is 6.18 Å². The molecule has 0 spiro atoms. The molecule has 0 radical (unpaired) electrons. The Balaban J connectivity index is 1.86. The minimum absolute atomic E-state index is 0.00343. The smallest absolute Gasteiger partial charge is 0.420 e. The van der Waals surface area contributed by atoms with E-state index in [4.69, 9.17) is 16.3 Å². The highest BCUT2D eigenvalue weighted by atomic mass is 79.9. The summed E-state index contributed by atoms with van der Waals surface area (Å²) in [6, 6.07) is 15.7. The second kappa shape index (κ2) is 8.24. The third-order valence-corrected chi connectivity index (χ3v) is 4.47. The fraction of sp³-hybridized carbons (Fsp3) is 0.0500. The Morgan fingerprint density at radius 2 is 1.61 bits per heavy atom. The van der Waals surface area contributed by atoms with Crippen molar-refractivity contribution in [3.05, 3.63) is 87.4 Å². The van der Waals surface area contributed by atoms with Crippen molar-refractivity contribution in [3.63, 3.8) is 0 Å². The van der Waals surface area contributed by atoms with Crippen LogP contribution in [0.3, 0.4) is 0 Å². The Hall–Kier alpha value is -2.51. The Morgan fingerprint density at radius 3 is 2.21 bits per heavy atom. The summed E-state index contributed by atoms with van der Waals surface area (Å²) in [5.41, 5.74) is -0.682. The fourth-order valence-corrected chi connectivity index (χ4v) is 2.74. The van der Waals surface area contributed by atoms with Gasteiger partial charge in [-0.3, -0.25) is 4.79 Å². The lowest BCUT2D eigenvalue weighted by atomic mass is 10.1. The van der Waals surface area contributed by atoms with E-state index in [1.807, 2.05) is 0 Å². The standard InChI is InChI=1S/C20H12BrClF3NO2/c21-13-3-1-12(2-4-13)19(27)26-15-7-10-18(17(11-15)20(23,24)25)28-16-8-5-14(22)6-9-16/h1-11H,(H,26,27). The number of nitrogens with one attached hydrogen (secondary N) is 1.